The standard InChI is InChI=1S/C58H58N4O14/c1-24-8-10-25(11-9-24)31-17-19-37(41-33(31)21-28-23-35-45(62(6)7)49(67)43(55(60)73)53(71)58(35,75)51(69)39(28)47(41)65)76-56(2,3)29-14-12-26(13-15-29)30-16-18-36(63)40-32(30)20-27-22-34-44(61(4)5)48(66)42(54(59)72)52(70)57(34,74)50(68)38(27)46(40)64/h8-19,27-28,34-35,44-45,63-65,70-71,74-75H,20-23H2,1-7H3,(H2,59,72)(H2,60,73)/t27-,28-,34-,35-,44-,45-,57-,58-/m0/s1. The molecular formula is C58H58N4O14. The Morgan fingerprint density at radius 3 is 1.45 bits per heavy atom. The van der Waals surface area contributed by atoms with Crippen LogP contribution in [0.25, 0.3) is 33.8 Å². The van der Waals surface area contributed by atoms with Gasteiger partial charge in [-0.25, -0.2) is 0 Å². The third kappa shape index (κ3) is 7.21. The molecule has 8 atom stereocenters. The van der Waals surface area contributed by atoms with Gasteiger partial charge in [0.2, 0.25) is 11.6 Å². The number of benzene rings is 4. The average Bonchev–Trinajstić information content (AvgIpc) is 3.44. The number of ketones is 4. The maximum atomic E-state index is 14.8. The molecule has 10 rings (SSSR count). The van der Waals surface area contributed by atoms with Crippen molar-refractivity contribution in [2.24, 2.45) is 35.1 Å². The van der Waals surface area contributed by atoms with Gasteiger partial charge in [0, 0.05) is 23.0 Å². The lowest BCUT2D eigenvalue weighted by Crippen LogP contribution is -2.65. The number of fused-ring (bicyclic) bond motifs is 6. The van der Waals surface area contributed by atoms with E-state index < -0.39 is 122 Å². The largest absolute Gasteiger partial charge is 0.508 e. The average molecular weight is 1040 g/mol. The zero-order valence-corrected chi connectivity index (χ0v) is 42.8. The van der Waals surface area contributed by atoms with E-state index >= 15 is 0 Å². The molecule has 0 unspecified atom stereocenters. The molecular weight excluding hydrogens is 977 g/mol. The first-order chi connectivity index (χ1) is 35.7. The van der Waals surface area contributed by atoms with E-state index in [9.17, 15) is 64.5 Å². The van der Waals surface area contributed by atoms with Crippen LogP contribution in [0.4, 0.5) is 0 Å². The lowest BCUT2D eigenvalue weighted by atomic mass is 9.57. The van der Waals surface area contributed by atoms with Crippen molar-refractivity contribution in [2.45, 2.75) is 75.3 Å². The first-order valence-corrected chi connectivity index (χ1v) is 24.9. The Morgan fingerprint density at radius 1 is 0.605 bits per heavy atom. The number of carbonyl (C=O) groups is 6. The SMILES string of the molecule is Cc1ccc(-c2ccc(OC(C)(C)c3ccc(-c4ccc(O)c5c4C[C@H]4C[C@H]6[C@H](N(C)C)C(=O)C(C(N)=O)=C(O)[C@@]6(O)C(=O)C4=C5O)cc3)c3c2C[C@H]2C[C@H]4[C@H](N(C)C)C(=O)C(C(N)=O)=C(O)[C@@]4(O)C(=O)C2=C3O)cc1. The number of nitrogens with zero attached hydrogens (tertiary/aromatic N) is 2. The summed E-state index contributed by atoms with van der Waals surface area (Å²) < 4.78 is 6.85. The molecule has 11 N–H and O–H groups in total. The van der Waals surface area contributed by atoms with Crippen LogP contribution in [0.5, 0.6) is 11.5 Å². The van der Waals surface area contributed by atoms with E-state index in [-0.39, 0.29) is 59.5 Å². The van der Waals surface area contributed by atoms with Crippen LogP contribution in [0.3, 0.4) is 0 Å². The molecule has 2 saturated carbocycles. The van der Waals surface area contributed by atoms with Crippen molar-refractivity contribution in [2.75, 3.05) is 28.2 Å². The summed E-state index contributed by atoms with van der Waals surface area (Å²) in [5, 5.41) is 82.7. The van der Waals surface area contributed by atoms with E-state index in [0.717, 1.165) is 16.7 Å². The number of rotatable bonds is 9. The lowest BCUT2D eigenvalue weighted by Gasteiger charge is -2.50. The van der Waals surface area contributed by atoms with Crippen molar-refractivity contribution in [3.05, 3.63) is 140 Å². The minimum atomic E-state index is -2.78. The van der Waals surface area contributed by atoms with E-state index in [2.05, 4.69) is 0 Å². The van der Waals surface area contributed by atoms with Gasteiger partial charge >= 0.3 is 0 Å². The molecule has 0 aliphatic heterocycles. The highest BCUT2D eigenvalue weighted by molar-refractivity contribution is 6.25. The number of aryl methyl sites for hydroxylation is 1. The summed E-state index contributed by atoms with van der Waals surface area (Å²) in [6.45, 7) is 5.56. The Hall–Kier alpha value is -7.90. The van der Waals surface area contributed by atoms with Crippen LogP contribution < -0.4 is 16.2 Å². The maximum Gasteiger partial charge on any atom is 0.255 e. The van der Waals surface area contributed by atoms with Crippen molar-refractivity contribution in [3.63, 3.8) is 0 Å². The predicted octanol–water partition coefficient (Wildman–Crippen LogP) is 4.49. The minimum Gasteiger partial charge on any atom is -0.508 e. The van der Waals surface area contributed by atoms with Gasteiger partial charge in [0.1, 0.15) is 51.3 Å². The lowest BCUT2D eigenvalue weighted by molar-refractivity contribution is -0.155. The second-order valence-electron chi connectivity index (χ2n) is 21.9. The van der Waals surface area contributed by atoms with Gasteiger partial charge in [0.15, 0.2) is 22.8 Å². The highest BCUT2D eigenvalue weighted by atomic mass is 16.5. The molecule has 0 radical (unpaired) electrons. The molecule has 76 heavy (non-hydrogen) atoms. The van der Waals surface area contributed by atoms with Crippen LogP contribution in [0, 0.1) is 30.6 Å². The van der Waals surface area contributed by atoms with Crippen molar-refractivity contribution < 1.29 is 69.2 Å². The van der Waals surface area contributed by atoms with Crippen molar-refractivity contribution in [1.82, 2.24) is 9.80 Å². The Labute approximate surface area is 436 Å². The molecule has 18 nitrogen and oxygen atoms in total. The number of hydrogen-bond acceptors (Lipinski definition) is 16. The molecule has 4 aromatic rings. The number of amides is 2. The molecule has 6 aliphatic rings. The highest BCUT2D eigenvalue weighted by Crippen LogP contribution is 2.56. The summed E-state index contributed by atoms with van der Waals surface area (Å²) in [7, 11) is 6.17. The van der Waals surface area contributed by atoms with Gasteiger partial charge in [-0.05, 0) is 138 Å². The zero-order chi connectivity index (χ0) is 55.2. The second-order valence-corrected chi connectivity index (χ2v) is 21.9. The molecule has 0 bridgehead atoms. The molecule has 2 fully saturated rings. The molecule has 0 saturated heterocycles. The molecule has 18 heteroatoms. The van der Waals surface area contributed by atoms with E-state index in [1.807, 2.05) is 49.4 Å². The smallest absolute Gasteiger partial charge is 0.255 e. The van der Waals surface area contributed by atoms with Gasteiger partial charge in [-0.1, -0.05) is 66.2 Å². The number of phenolic OH excluding ortho intramolecular Hbond substituents is 1. The summed E-state index contributed by atoms with van der Waals surface area (Å²) in [4.78, 5) is 84.5. The van der Waals surface area contributed by atoms with Crippen molar-refractivity contribution >= 4 is 46.5 Å². The molecule has 0 aromatic heterocycles. The highest BCUT2D eigenvalue weighted by Gasteiger charge is 2.66. The number of Topliss-reactive ketones (excluding diaryl/α,β-unsaturated/α-hetero) is 4. The van der Waals surface area contributed by atoms with Gasteiger partial charge in [0.05, 0.1) is 23.2 Å². The Balaban J connectivity index is 1.03. The summed E-state index contributed by atoms with van der Waals surface area (Å²) >= 11 is 0. The van der Waals surface area contributed by atoms with E-state index in [1.165, 1.54) is 30.0 Å². The fraction of sp³-hybridized carbons (Fsp3) is 0.345. The van der Waals surface area contributed by atoms with Crippen molar-refractivity contribution in [1.29, 1.82) is 0 Å². The summed E-state index contributed by atoms with van der Waals surface area (Å²) in [6.07, 6.45) is 0.103. The zero-order valence-electron chi connectivity index (χ0n) is 42.8. The monoisotopic (exact) mass is 1030 g/mol. The van der Waals surface area contributed by atoms with Crippen molar-refractivity contribution in [3.8, 4) is 33.8 Å². The summed E-state index contributed by atoms with van der Waals surface area (Å²) in [6, 6.07) is 19.1. The number of hydrogen-bond donors (Lipinski definition) is 9. The number of aliphatic hydroxyl groups excluding tert-OH is 4. The number of likely N-dealkylation sites (N-methyl/N-ethyl adjacent to an activating group) is 2. The molecule has 0 heterocycles. The quantitative estimate of drug-likeness (QED) is 0.104. The Kier molecular flexibility index (Phi) is 11.9. The number of nitrogens with two attached hydrogens (primary N) is 2. The van der Waals surface area contributed by atoms with Gasteiger partial charge in [-0.15, -0.1) is 0 Å². The maximum absolute atomic E-state index is 14.8. The van der Waals surface area contributed by atoms with Crippen LogP contribution in [0.15, 0.2) is 107 Å². The molecule has 394 valence electrons. The predicted molar refractivity (Wildman–Crippen MR) is 276 cm³/mol. The molecule has 2 amide bonds. The van der Waals surface area contributed by atoms with Crippen LogP contribution in [-0.2, 0) is 47.2 Å². The third-order valence-corrected chi connectivity index (χ3v) is 16.8. The van der Waals surface area contributed by atoms with Gasteiger partial charge in [-0.2, -0.15) is 0 Å². The second kappa shape index (κ2) is 17.6. The first-order valence-electron chi connectivity index (χ1n) is 24.9. The van der Waals surface area contributed by atoms with E-state index in [4.69, 9.17) is 16.2 Å². The van der Waals surface area contributed by atoms with Crippen LogP contribution in [-0.4, -0.2) is 132 Å². The Morgan fingerprint density at radius 2 is 1.01 bits per heavy atom. The minimum absolute atomic E-state index is 0.0365. The third-order valence-electron chi connectivity index (χ3n) is 16.8. The molecule has 0 spiro atoms. The van der Waals surface area contributed by atoms with E-state index in [0.29, 0.717) is 27.8 Å². The fourth-order valence-electron chi connectivity index (χ4n) is 13.2. The number of ether oxygens (including phenoxy) is 1. The normalized spacial score (nSPS) is 27.2. The summed E-state index contributed by atoms with van der Waals surface area (Å²) in [5.74, 6) is -14.1. The molecule has 4 aromatic carbocycles. The summed E-state index contributed by atoms with van der Waals surface area (Å²) in [5.41, 5.74) is 7.68. The number of carbonyl (C=O) groups excluding carboxylic acids is 6. The number of aliphatic hydroxyl groups is 6. The number of aromatic hydroxyl groups is 1. The van der Waals surface area contributed by atoms with E-state index in [1.54, 1.807) is 52.2 Å². The van der Waals surface area contributed by atoms with Crippen LogP contribution in [0.2, 0.25) is 0 Å². The first kappa shape index (κ1) is 51.6. The van der Waals surface area contributed by atoms with Crippen LogP contribution in [0.1, 0.15) is 60.1 Å². The Bertz CT molecular complexity index is 3440. The number of phenols is 1. The van der Waals surface area contributed by atoms with Crippen LogP contribution >= 0.6 is 0 Å². The van der Waals surface area contributed by atoms with Gasteiger partial charge in [0.25, 0.3) is 11.8 Å². The fourth-order valence-corrected chi connectivity index (χ4v) is 13.2. The van der Waals surface area contributed by atoms with Gasteiger partial charge in [-0.3, -0.25) is 38.6 Å². The number of primary amides is 2. The topological polar surface area (TPSA) is 312 Å². The van der Waals surface area contributed by atoms with Gasteiger partial charge < -0.3 is 51.9 Å². The molecule has 6 aliphatic carbocycles.